The largest absolute Gasteiger partial charge is 0.317 e. The highest BCUT2D eigenvalue weighted by Gasteiger charge is 2.38. The van der Waals surface area contributed by atoms with Crippen molar-refractivity contribution in [2.75, 3.05) is 0 Å². The summed E-state index contributed by atoms with van der Waals surface area (Å²) in [6.45, 7) is 2.29. The molecule has 0 spiro atoms. The molecule has 3 rings (SSSR count). The molecule has 0 aliphatic carbocycles. The van der Waals surface area contributed by atoms with E-state index in [0.29, 0.717) is 0 Å². The van der Waals surface area contributed by atoms with Gasteiger partial charge in [0.25, 0.3) is 0 Å². The molecule has 3 aromatic rings. The Balaban J connectivity index is 0.00000408. The maximum absolute atomic E-state index is 7.44. The van der Waals surface area contributed by atoms with Gasteiger partial charge in [-0.3, -0.25) is 0 Å². The third kappa shape index (κ3) is 8.00. The van der Waals surface area contributed by atoms with Gasteiger partial charge < -0.3 is 5.73 Å². The zero-order valence-corrected chi connectivity index (χ0v) is 21.8. The normalized spacial score (nSPS) is 12.2. The summed E-state index contributed by atoms with van der Waals surface area (Å²) in [4.78, 5) is 0. The summed E-state index contributed by atoms with van der Waals surface area (Å²) in [6, 6.07) is 32.3. The molecule has 184 valence electrons. The molecule has 1 unspecified atom stereocenters. The molecule has 0 radical (unpaired) electrons. The minimum atomic E-state index is -0.552. The van der Waals surface area contributed by atoms with Crippen molar-refractivity contribution in [1.29, 1.82) is 0 Å². The lowest BCUT2D eigenvalue weighted by Crippen LogP contribution is -2.44. The highest BCUT2D eigenvalue weighted by atomic mass is 35.5. The first-order valence-electron chi connectivity index (χ1n) is 13.2. The fourth-order valence-corrected chi connectivity index (χ4v) is 5.18. The maximum Gasteiger partial charge on any atom is 0.0735 e. The molecular weight excluding hydrogens is 434 g/mol. The Bertz CT molecular complexity index is 839. The molecule has 1 atom stereocenters. The molecule has 0 bridgehead atoms. The molecule has 34 heavy (non-hydrogen) atoms. The van der Waals surface area contributed by atoms with Crippen LogP contribution < -0.4 is 5.73 Å². The second kappa shape index (κ2) is 15.7. The predicted octanol–water partition coefficient (Wildman–Crippen LogP) is 9.41. The van der Waals surface area contributed by atoms with Crippen molar-refractivity contribution in [2.45, 2.75) is 89.0 Å². The minimum Gasteiger partial charge on any atom is -0.317 e. The van der Waals surface area contributed by atoms with Gasteiger partial charge in [0.15, 0.2) is 0 Å². The molecule has 0 amide bonds. The Kier molecular flexibility index (Phi) is 13.0. The molecule has 0 saturated carbocycles. The molecule has 0 aromatic heterocycles. The molecule has 2 heteroatoms. The number of halogens is 1. The summed E-state index contributed by atoms with van der Waals surface area (Å²) in [5, 5.41) is 0. The van der Waals surface area contributed by atoms with E-state index in [-0.39, 0.29) is 18.3 Å². The zero-order valence-electron chi connectivity index (χ0n) is 21.0. The van der Waals surface area contributed by atoms with E-state index in [1.165, 1.54) is 80.9 Å². The first kappa shape index (κ1) is 28.1. The van der Waals surface area contributed by atoms with E-state index in [9.17, 15) is 0 Å². The van der Waals surface area contributed by atoms with Crippen LogP contribution in [0, 0.1) is 0 Å². The van der Waals surface area contributed by atoms with Crippen LogP contribution in [-0.2, 0) is 5.54 Å². The lowest BCUT2D eigenvalue weighted by atomic mass is 9.69. The van der Waals surface area contributed by atoms with Crippen LogP contribution in [0.15, 0.2) is 91.0 Å². The number of hydrogen-bond acceptors (Lipinski definition) is 1. The third-order valence-corrected chi connectivity index (χ3v) is 7.10. The standard InChI is InChI=1S/C32H43N.ClH/c1-2-3-4-5-6-7-8-9-10-20-27-31(28-21-14-11-15-22-28)32(33,29-23-16-12-17-24-29)30-25-18-13-19-26-30;/h11-19,21-26,31H,2-10,20,27,33H2,1H3;1H. The summed E-state index contributed by atoms with van der Waals surface area (Å²) in [5.74, 6) is 0.234. The van der Waals surface area contributed by atoms with Gasteiger partial charge in [-0.15, -0.1) is 12.4 Å². The summed E-state index contributed by atoms with van der Waals surface area (Å²) in [6.07, 6.45) is 14.6. The van der Waals surface area contributed by atoms with Gasteiger partial charge in [-0.1, -0.05) is 162 Å². The monoisotopic (exact) mass is 477 g/mol. The second-order valence-corrected chi connectivity index (χ2v) is 9.53. The topological polar surface area (TPSA) is 26.0 Å². The highest BCUT2D eigenvalue weighted by molar-refractivity contribution is 5.85. The van der Waals surface area contributed by atoms with Gasteiger partial charge in [-0.2, -0.15) is 0 Å². The van der Waals surface area contributed by atoms with Crippen LogP contribution in [0.25, 0.3) is 0 Å². The SMILES string of the molecule is CCCCCCCCCCCCC(c1ccccc1)C(N)(c1ccccc1)c1ccccc1.Cl. The maximum atomic E-state index is 7.44. The lowest BCUT2D eigenvalue weighted by Gasteiger charge is -2.39. The van der Waals surface area contributed by atoms with Crippen LogP contribution in [0.2, 0.25) is 0 Å². The van der Waals surface area contributed by atoms with E-state index in [2.05, 4.69) is 97.9 Å². The van der Waals surface area contributed by atoms with Gasteiger partial charge in [-0.05, 0) is 23.1 Å². The number of rotatable bonds is 15. The van der Waals surface area contributed by atoms with E-state index in [1.54, 1.807) is 0 Å². The Morgan fingerprint density at radius 2 is 0.941 bits per heavy atom. The smallest absolute Gasteiger partial charge is 0.0735 e. The van der Waals surface area contributed by atoms with Crippen molar-refractivity contribution in [2.24, 2.45) is 5.73 Å². The molecule has 3 aromatic carbocycles. The lowest BCUT2D eigenvalue weighted by molar-refractivity contribution is 0.385. The van der Waals surface area contributed by atoms with Gasteiger partial charge in [0.05, 0.1) is 5.54 Å². The first-order chi connectivity index (χ1) is 16.3. The van der Waals surface area contributed by atoms with Gasteiger partial charge in [0, 0.05) is 5.92 Å². The Morgan fingerprint density at radius 1 is 0.559 bits per heavy atom. The summed E-state index contributed by atoms with van der Waals surface area (Å²) >= 11 is 0. The van der Waals surface area contributed by atoms with Crippen LogP contribution in [-0.4, -0.2) is 0 Å². The fourth-order valence-electron chi connectivity index (χ4n) is 5.18. The van der Waals surface area contributed by atoms with E-state index in [0.717, 1.165) is 6.42 Å². The third-order valence-electron chi connectivity index (χ3n) is 7.10. The van der Waals surface area contributed by atoms with Crippen molar-refractivity contribution in [3.63, 3.8) is 0 Å². The van der Waals surface area contributed by atoms with Crippen LogP contribution in [0.3, 0.4) is 0 Å². The van der Waals surface area contributed by atoms with E-state index in [4.69, 9.17) is 5.73 Å². The molecule has 1 nitrogen and oxygen atoms in total. The van der Waals surface area contributed by atoms with E-state index >= 15 is 0 Å². The van der Waals surface area contributed by atoms with Gasteiger partial charge in [-0.25, -0.2) is 0 Å². The zero-order chi connectivity index (χ0) is 23.2. The summed E-state index contributed by atoms with van der Waals surface area (Å²) in [7, 11) is 0. The second-order valence-electron chi connectivity index (χ2n) is 9.53. The molecule has 0 fully saturated rings. The fraction of sp³-hybridized carbons (Fsp3) is 0.438. The number of benzene rings is 3. The molecular formula is C32H44ClN. The van der Waals surface area contributed by atoms with Crippen molar-refractivity contribution < 1.29 is 0 Å². The van der Waals surface area contributed by atoms with Crippen molar-refractivity contribution >= 4 is 12.4 Å². The van der Waals surface area contributed by atoms with Crippen LogP contribution in [0.5, 0.6) is 0 Å². The number of nitrogens with two attached hydrogens (primary N) is 1. The minimum absolute atomic E-state index is 0. The molecule has 2 N–H and O–H groups in total. The average Bonchev–Trinajstić information content (AvgIpc) is 2.88. The quantitative estimate of drug-likeness (QED) is 0.217. The van der Waals surface area contributed by atoms with Crippen molar-refractivity contribution in [3.8, 4) is 0 Å². The van der Waals surface area contributed by atoms with Crippen molar-refractivity contribution in [1.82, 2.24) is 0 Å². The Hall–Kier alpha value is -2.09. The van der Waals surface area contributed by atoms with E-state index in [1.807, 2.05) is 0 Å². The highest BCUT2D eigenvalue weighted by Crippen LogP contribution is 2.43. The summed E-state index contributed by atoms with van der Waals surface area (Å²) < 4.78 is 0. The Labute approximate surface area is 214 Å². The van der Waals surface area contributed by atoms with E-state index < -0.39 is 5.54 Å². The van der Waals surface area contributed by atoms with Gasteiger partial charge >= 0.3 is 0 Å². The number of unbranched alkanes of at least 4 members (excludes halogenated alkanes) is 9. The average molecular weight is 478 g/mol. The first-order valence-corrected chi connectivity index (χ1v) is 13.2. The molecule has 0 aliphatic rings. The van der Waals surface area contributed by atoms with Gasteiger partial charge in [0.1, 0.15) is 0 Å². The molecule has 0 heterocycles. The summed E-state index contributed by atoms with van der Waals surface area (Å²) in [5.41, 5.74) is 10.6. The van der Waals surface area contributed by atoms with Crippen molar-refractivity contribution in [3.05, 3.63) is 108 Å². The Morgan fingerprint density at radius 3 is 1.38 bits per heavy atom. The van der Waals surface area contributed by atoms with Crippen LogP contribution in [0.1, 0.15) is 100 Å². The predicted molar refractivity (Wildman–Crippen MR) is 151 cm³/mol. The molecule has 0 saturated heterocycles. The van der Waals surface area contributed by atoms with Crippen LogP contribution in [0.4, 0.5) is 0 Å². The van der Waals surface area contributed by atoms with Gasteiger partial charge in [0.2, 0.25) is 0 Å². The number of hydrogen-bond donors (Lipinski definition) is 1. The van der Waals surface area contributed by atoms with Crippen LogP contribution >= 0.6 is 12.4 Å². The molecule has 0 aliphatic heterocycles.